The largest absolute Gasteiger partial charge is 0.369 e. The molecule has 4 nitrogen and oxygen atoms in total. The summed E-state index contributed by atoms with van der Waals surface area (Å²) in [6, 6.07) is 10.8. The molecule has 0 saturated carbocycles. The van der Waals surface area contributed by atoms with Gasteiger partial charge in [0.15, 0.2) is 0 Å². The molecule has 1 fully saturated rings. The SMILES string of the molecule is CN(C)CCNc1cc2ccccc2c(N2CCCCCC2)n1. The van der Waals surface area contributed by atoms with Crippen molar-refractivity contribution in [1.82, 2.24) is 9.88 Å². The molecule has 2 heterocycles. The third kappa shape index (κ3) is 4.14. The van der Waals surface area contributed by atoms with Crippen LogP contribution in [0.5, 0.6) is 0 Å². The Labute approximate surface area is 139 Å². The zero-order valence-electron chi connectivity index (χ0n) is 14.4. The number of benzene rings is 1. The molecule has 1 aliphatic rings. The van der Waals surface area contributed by atoms with Gasteiger partial charge < -0.3 is 15.1 Å². The van der Waals surface area contributed by atoms with Crippen molar-refractivity contribution < 1.29 is 0 Å². The summed E-state index contributed by atoms with van der Waals surface area (Å²) in [6.07, 6.45) is 5.23. The van der Waals surface area contributed by atoms with Crippen LogP contribution < -0.4 is 10.2 Å². The number of hydrogen-bond donors (Lipinski definition) is 1. The third-order valence-corrected chi connectivity index (χ3v) is 4.49. The van der Waals surface area contributed by atoms with Crippen LogP contribution >= 0.6 is 0 Å². The molecule has 1 N–H and O–H groups in total. The fraction of sp³-hybridized carbons (Fsp3) is 0.526. The maximum absolute atomic E-state index is 4.96. The topological polar surface area (TPSA) is 31.4 Å². The van der Waals surface area contributed by atoms with Crippen molar-refractivity contribution in [3.63, 3.8) is 0 Å². The maximum atomic E-state index is 4.96. The van der Waals surface area contributed by atoms with Crippen LogP contribution in [0.3, 0.4) is 0 Å². The van der Waals surface area contributed by atoms with E-state index < -0.39 is 0 Å². The Morgan fingerprint density at radius 1 is 1.09 bits per heavy atom. The second-order valence-corrected chi connectivity index (χ2v) is 6.68. The minimum absolute atomic E-state index is 0.914. The van der Waals surface area contributed by atoms with E-state index in [1.807, 2.05) is 0 Å². The van der Waals surface area contributed by atoms with E-state index >= 15 is 0 Å². The standard InChI is InChI=1S/C19H28N4/c1-22(2)14-11-20-18-15-16-9-5-6-10-17(16)19(21-18)23-12-7-3-4-8-13-23/h5-6,9-10,15H,3-4,7-8,11-14H2,1-2H3,(H,20,21). The summed E-state index contributed by atoms with van der Waals surface area (Å²) in [5.74, 6) is 2.14. The molecule has 23 heavy (non-hydrogen) atoms. The van der Waals surface area contributed by atoms with Crippen molar-refractivity contribution in [3.05, 3.63) is 30.3 Å². The number of aromatic nitrogens is 1. The van der Waals surface area contributed by atoms with Crippen LogP contribution in [0.25, 0.3) is 10.8 Å². The summed E-state index contributed by atoms with van der Waals surface area (Å²) >= 11 is 0. The fourth-order valence-corrected chi connectivity index (χ4v) is 3.20. The lowest BCUT2D eigenvalue weighted by Gasteiger charge is -2.24. The molecule has 2 aromatic rings. The predicted molar refractivity (Wildman–Crippen MR) is 99.5 cm³/mol. The van der Waals surface area contributed by atoms with Gasteiger partial charge in [0.05, 0.1) is 0 Å². The maximum Gasteiger partial charge on any atom is 0.138 e. The number of nitrogens with zero attached hydrogens (tertiary/aromatic N) is 3. The smallest absolute Gasteiger partial charge is 0.138 e. The van der Waals surface area contributed by atoms with Crippen LogP contribution in [0.15, 0.2) is 30.3 Å². The van der Waals surface area contributed by atoms with Crippen molar-refractivity contribution >= 4 is 22.4 Å². The second kappa shape index (κ2) is 7.64. The van der Waals surface area contributed by atoms with Crippen molar-refractivity contribution in [1.29, 1.82) is 0 Å². The highest BCUT2D eigenvalue weighted by Crippen LogP contribution is 2.29. The molecular formula is C19H28N4. The van der Waals surface area contributed by atoms with Crippen LogP contribution in [-0.2, 0) is 0 Å². The summed E-state index contributed by atoms with van der Waals surface area (Å²) in [5.41, 5.74) is 0. The van der Waals surface area contributed by atoms with Crippen molar-refractivity contribution in [2.45, 2.75) is 25.7 Å². The lowest BCUT2D eigenvalue weighted by Crippen LogP contribution is -2.26. The molecule has 0 aliphatic carbocycles. The number of rotatable bonds is 5. The van der Waals surface area contributed by atoms with Gasteiger partial charge in [-0.15, -0.1) is 0 Å². The van der Waals surface area contributed by atoms with Crippen LogP contribution in [0, 0.1) is 0 Å². The Morgan fingerprint density at radius 3 is 2.57 bits per heavy atom. The molecule has 3 rings (SSSR count). The normalized spacial score (nSPS) is 15.9. The zero-order valence-corrected chi connectivity index (χ0v) is 14.4. The van der Waals surface area contributed by atoms with Crippen LogP contribution in [0.4, 0.5) is 11.6 Å². The average Bonchev–Trinajstić information content (AvgIpc) is 2.83. The zero-order chi connectivity index (χ0) is 16.1. The summed E-state index contributed by atoms with van der Waals surface area (Å²) < 4.78 is 0. The molecule has 124 valence electrons. The van der Waals surface area contributed by atoms with Gasteiger partial charge in [-0.2, -0.15) is 0 Å². The van der Waals surface area contributed by atoms with Crippen molar-refractivity contribution in [3.8, 4) is 0 Å². The number of fused-ring (bicyclic) bond motifs is 1. The minimum atomic E-state index is 0.914. The first kappa shape index (κ1) is 16.1. The van der Waals surface area contributed by atoms with Gasteiger partial charge in [-0.05, 0) is 38.4 Å². The van der Waals surface area contributed by atoms with E-state index in [4.69, 9.17) is 4.98 Å². The highest BCUT2D eigenvalue weighted by Gasteiger charge is 2.15. The first-order valence-electron chi connectivity index (χ1n) is 8.77. The summed E-state index contributed by atoms with van der Waals surface area (Å²) in [6.45, 7) is 4.17. The van der Waals surface area contributed by atoms with Gasteiger partial charge >= 0.3 is 0 Å². The fourth-order valence-electron chi connectivity index (χ4n) is 3.20. The molecular weight excluding hydrogens is 284 g/mol. The number of nitrogens with one attached hydrogen (secondary N) is 1. The summed E-state index contributed by atoms with van der Waals surface area (Å²) in [5, 5.41) is 6.03. The quantitative estimate of drug-likeness (QED) is 0.914. The lowest BCUT2D eigenvalue weighted by atomic mass is 10.1. The number of anilines is 2. The average molecular weight is 312 g/mol. The number of likely N-dealkylation sites (N-methyl/N-ethyl adjacent to an activating group) is 1. The molecule has 0 amide bonds. The van der Waals surface area contributed by atoms with E-state index in [0.717, 1.165) is 37.8 Å². The number of pyridine rings is 1. The van der Waals surface area contributed by atoms with E-state index in [1.54, 1.807) is 0 Å². The minimum Gasteiger partial charge on any atom is -0.369 e. The predicted octanol–water partition coefficient (Wildman–Crippen LogP) is 3.59. The Bertz CT molecular complexity index is 630. The van der Waals surface area contributed by atoms with E-state index in [2.05, 4.69) is 59.5 Å². The molecule has 1 aromatic carbocycles. The van der Waals surface area contributed by atoms with Crippen LogP contribution in [0.1, 0.15) is 25.7 Å². The monoisotopic (exact) mass is 312 g/mol. The molecule has 1 aromatic heterocycles. The molecule has 0 spiro atoms. The summed E-state index contributed by atoms with van der Waals surface area (Å²) in [7, 11) is 4.19. The van der Waals surface area contributed by atoms with Crippen LogP contribution in [0.2, 0.25) is 0 Å². The first-order valence-corrected chi connectivity index (χ1v) is 8.77. The van der Waals surface area contributed by atoms with E-state index in [-0.39, 0.29) is 0 Å². The van der Waals surface area contributed by atoms with Crippen molar-refractivity contribution in [2.24, 2.45) is 0 Å². The highest BCUT2D eigenvalue weighted by atomic mass is 15.2. The van der Waals surface area contributed by atoms with Gasteiger partial charge in [-0.3, -0.25) is 0 Å². The molecule has 0 unspecified atom stereocenters. The van der Waals surface area contributed by atoms with Gasteiger partial charge in [0.25, 0.3) is 0 Å². The molecule has 1 aliphatic heterocycles. The molecule has 0 atom stereocenters. The van der Waals surface area contributed by atoms with E-state index in [9.17, 15) is 0 Å². The second-order valence-electron chi connectivity index (χ2n) is 6.68. The Morgan fingerprint density at radius 2 is 1.83 bits per heavy atom. The summed E-state index contributed by atoms with van der Waals surface area (Å²) in [4.78, 5) is 9.62. The van der Waals surface area contributed by atoms with Gasteiger partial charge in [0.1, 0.15) is 11.6 Å². The highest BCUT2D eigenvalue weighted by molar-refractivity contribution is 5.94. The molecule has 0 bridgehead atoms. The Kier molecular flexibility index (Phi) is 5.34. The van der Waals surface area contributed by atoms with Gasteiger partial charge in [-0.25, -0.2) is 4.98 Å². The van der Waals surface area contributed by atoms with E-state index in [0.29, 0.717) is 0 Å². The van der Waals surface area contributed by atoms with Gasteiger partial charge in [-0.1, -0.05) is 37.1 Å². The molecule has 0 radical (unpaired) electrons. The lowest BCUT2D eigenvalue weighted by molar-refractivity contribution is 0.425. The first-order chi connectivity index (χ1) is 11.2. The Hall–Kier alpha value is -1.81. The molecule has 4 heteroatoms. The van der Waals surface area contributed by atoms with Crippen LogP contribution in [-0.4, -0.2) is 50.2 Å². The van der Waals surface area contributed by atoms with Gasteiger partial charge in [0, 0.05) is 31.6 Å². The van der Waals surface area contributed by atoms with E-state index in [1.165, 1.54) is 36.5 Å². The van der Waals surface area contributed by atoms with Gasteiger partial charge in [0.2, 0.25) is 0 Å². The third-order valence-electron chi connectivity index (χ3n) is 4.49. The Balaban J connectivity index is 1.90. The van der Waals surface area contributed by atoms with Crippen molar-refractivity contribution in [2.75, 3.05) is 50.5 Å². The molecule has 1 saturated heterocycles. The number of hydrogen-bond acceptors (Lipinski definition) is 4.